The summed E-state index contributed by atoms with van der Waals surface area (Å²) in [5.74, 6) is -3.02. The zero-order valence-corrected chi connectivity index (χ0v) is 28.2. The molecule has 48 heavy (non-hydrogen) atoms. The summed E-state index contributed by atoms with van der Waals surface area (Å²) in [7, 11) is -7.61. The summed E-state index contributed by atoms with van der Waals surface area (Å²) in [5, 5.41) is 9.85. The zero-order valence-electron chi connectivity index (χ0n) is 26.6. The minimum atomic E-state index is -4.65. The first-order valence-corrected chi connectivity index (χ1v) is 17.7. The minimum absolute atomic E-state index is 0.00575. The Balaban J connectivity index is 1.63. The number of amides is 1. The molecule has 11 nitrogen and oxygen atoms in total. The predicted octanol–water partition coefficient (Wildman–Crippen LogP) is 4.65. The molecule has 4 aromatic rings. The standard InChI is InChI=1S/C34H34FN3O8S2/c1-21-17-22(2)33(23(3)18-21)48(44,45)38(20-31(39)40)29-13-8-12-28-26(29)15-16-37(28)32(24-9-7-10-25(19-24)46-4)34(41)36-47(42,43)30-14-6-5-11-27(30)35/h5-14,17-19,32H,15-16,20H2,1-4H3,(H,36,41)(H,39,40). The van der Waals surface area contributed by atoms with E-state index in [9.17, 15) is 35.9 Å². The molecule has 1 aliphatic heterocycles. The Labute approximate surface area is 278 Å². The Morgan fingerprint density at radius 3 is 2.27 bits per heavy atom. The number of aliphatic carboxylic acids is 1. The average molecular weight is 696 g/mol. The van der Waals surface area contributed by atoms with Gasteiger partial charge in [0, 0.05) is 17.8 Å². The molecular formula is C34H34FN3O8S2. The smallest absolute Gasteiger partial charge is 0.324 e. The lowest BCUT2D eigenvalue weighted by Gasteiger charge is -2.31. The number of fused-ring (bicyclic) bond motifs is 1. The molecule has 0 bridgehead atoms. The van der Waals surface area contributed by atoms with Gasteiger partial charge in [-0.25, -0.2) is 25.9 Å². The molecule has 1 aliphatic rings. The number of nitrogens with one attached hydrogen (secondary N) is 1. The van der Waals surface area contributed by atoms with E-state index in [4.69, 9.17) is 4.74 Å². The summed E-state index contributed by atoms with van der Waals surface area (Å²) in [6.45, 7) is 4.39. The SMILES string of the molecule is COc1cccc(C(C(=O)NS(=O)(=O)c2ccccc2F)N2CCc3c2cccc3N(CC(=O)O)S(=O)(=O)c2c(C)cc(C)cc2C)c1. The predicted molar refractivity (Wildman–Crippen MR) is 178 cm³/mol. The van der Waals surface area contributed by atoms with Gasteiger partial charge in [-0.15, -0.1) is 0 Å². The van der Waals surface area contributed by atoms with Crippen molar-refractivity contribution >= 4 is 43.3 Å². The Morgan fingerprint density at radius 1 is 0.958 bits per heavy atom. The number of carboxylic acid groups (broad SMARTS) is 1. The Bertz CT molecular complexity index is 2110. The second kappa shape index (κ2) is 13.3. The summed E-state index contributed by atoms with van der Waals surface area (Å²) in [6.07, 6.45) is 0.191. The van der Waals surface area contributed by atoms with Crippen LogP contribution < -0.4 is 18.7 Å². The van der Waals surface area contributed by atoms with Crippen LogP contribution in [-0.2, 0) is 36.1 Å². The van der Waals surface area contributed by atoms with E-state index in [1.54, 1.807) is 67.3 Å². The normalized spacial score (nSPS) is 13.5. The van der Waals surface area contributed by atoms with Crippen LogP contribution >= 0.6 is 0 Å². The van der Waals surface area contributed by atoms with E-state index in [-0.39, 0.29) is 23.5 Å². The van der Waals surface area contributed by atoms with Crippen molar-refractivity contribution in [2.75, 3.05) is 29.4 Å². The van der Waals surface area contributed by atoms with Crippen LogP contribution in [0, 0.1) is 26.6 Å². The molecule has 0 aliphatic carbocycles. The molecule has 1 heterocycles. The number of nitrogens with zero attached hydrogens (tertiary/aromatic N) is 2. The lowest BCUT2D eigenvalue weighted by Crippen LogP contribution is -2.42. The number of methoxy groups -OCH3 is 1. The number of carbonyl (C=O) groups is 2. The number of hydrogen-bond acceptors (Lipinski definition) is 8. The monoisotopic (exact) mass is 695 g/mol. The van der Waals surface area contributed by atoms with Crippen molar-refractivity contribution in [3.63, 3.8) is 0 Å². The first kappa shape index (κ1) is 34.4. The minimum Gasteiger partial charge on any atom is -0.497 e. The second-order valence-electron chi connectivity index (χ2n) is 11.4. The fourth-order valence-electron chi connectivity index (χ4n) is 6.24. The fourth-order valence-corrected chi connectivity index (χ4v) is 9.17. The summed E-state index contributed by atoms with van der Waals surface area (Å²) < 4.78 is 77.6. The van der Waals surface area contributed by atoms with Gasteiger partial charge >= 0.3 is 5.97 Å². The number of carboxylic acids is 1. The Morgan fingerprint density at radius 2 is 1.62 bits per heavy atom. The molecule has 1 amide bonds. The largest absolute Gasteiger partial charge is 0.497 e. The van der Waals surface area contributed by atoms with Crippen LogP contribution in [0.4, 0.5) is 15.8 Å². The highest BCUT2D eigenvalue weighted by Crippen LogP contribution is 2.42. The van der Waals surface area contributed by atoms with Crippen LogP contribution in [0.25, 0.3) is 0 Å². The summed E-state index contributed by atoms with van der Waals surface area (Å²) in [6, 6.07) is 17.9. The summed E-state index contributed by atoms with van der Waals surface area (Å²) in [5.41, 5.74) is 3.06. The number of aryl methyl sites for hydroxylation is 3. The summed E-state index contributed by atoms with van der Waals surface area (Å²) >= 11 is 0. The van der Waals surface area contributed by atoms with Crippen molar-refractivity contribution < 1.29 is 40.7 Å². The Kier molecular flexibility index (Phi) is 9.51. The van der Waals surface area contributed by atoms with Gasteiger partial charge in [-0.05, 0) is 80.3 Å². The van der Waals surface area contributed by atoms with Gasteiger partial charge in [0.1, 0.15) is 29.0 Å². The zero-order chi connectivity index (χ0) is 35.0. The highest BCUT2D eigenvalue weighted by Gasteiger charge is 2.39. The average Bonchev–Trinajstić information content (AvgIpc) is 3.43. The molecule has 0 saturated heterocycles. The molecule has 1 atom stereocenters. The van der Waals surface area contributed by atoms with Crippen LogP contribution in [0.5, 0.6) is 5.75 Å². The number of ether oxygens (including phenoxy) is 1. The third kappa shape index (κ3) is 6.58. The highest BCUT2D eigenvalue weighted by molar-refractivity contribution is 7.93. The first-order chi connectivity index (χ1) is 22.6. The molecule has 1 unspecified atom stereocenters. The summed E-state index contributed by atoms with van der Waals surface area (Å²) in [4.78, 5) is 27.0. The molecule has 0 radical (unpaired) electrons. The van der Waals surface area contributed by atoms with E-state index in [0.717, 1.165) is 22.0 Å². The van der Waals surface area contributed by atoms with Gasteiger partial charge in [-0.3, -0.25) is 13.9 Å². The van der Waals surface area contributed by atoms with Crippen LogP contribution in [0.3, 0.4) is 0 Å². The van der Waals surface area contributed by atoms with Crippen molar-refractivity contribution in [1.82, 2.24) is 4.72 Å². The second-order valence-corrected chi connectivity index (χ2v) is 14.9. The molecular weight excluding hydrogens is 662 g/mol. The highest BCUT2D eigenvalue weighted by atomic mass is 32.2. The molecule has 5 rings (SSSR count). The van der Waals surface area contributed by atoms with Gasteiger partial charge in [0.2, 0.25) is 0 Å². The lowest BCUT2D eigenvalue weighted by molar-refractivity contribution is -0.135. The third-order valence-electron chi connectivity index (χ3n) is 8.07. The molecule has 0 aromatic heterocycles. The maximum atomic E-state index is 14.5. The topological polar surface area (TPSA) is 150 Å². The third-order valence-corrected chi connectivity index (χ3v) is 11.5. The van der Waals surface area contributed by atoms with Crippen molar-refractivity contribution in [2.45, 2.75) is 43.0 Å². The fraction of sp³-hybridized carbons (Fsp3) is 0.235. The quantitative estimate of drug-likeness (QED) is 0.229. The van der Waals surface area contributed by atoms with Crippen molar-refractivity contribution in [3.8, 4) is 5.75 Å². The van der Waals surface area contributed by atoms with Gasteiger partial charge in [0.25, 0.3) is 26.0 Å². The molecule has 14 heteroatoms. The molecule has 0 fully saturated rings. The van der Waals surface area contributed by atoms with Crippen molar-refractivity contribution in [3.05, 3.63) is 112 Å². The van der Waals surface area contributed by atoms with E-state index < -0.39 is 55.2 Å². The number of sulfonamides is 2. The van der Waals surface area contributed by atoms with E-state index >= 15 is 0 Å². The number of hydrogen-bond donors (Lipinski definition) is 2. The van der Waals surface area contributed by atoms with E-state index in [0.29, 0.717) is 33.7 Å². The van der Waals surface area contributed by atoms with Crippen molar-refractivity contribution in [1.29, 1.82) is 0 Å². The van der Waals surface area contributed by atoms with E-state index in [1.165, 1.54) is 25.3 Å². The van der Waals surface area contributed by atoms with Crippen molar-refractivity contribution in [2.24, 2.45) is 0 Å². The van der Waals surface area contributed by atoms with Gasteiger partial charge in [0.15, 0.2) is 0 Å². The molecule has 252 valence electrons. The number of rotatable bonds is 11. The maximum Gasteiger partial charge on any atom is 0.324 e. The van der Waals surface area contributed by atoms with Gasteiger partial charge in [-0.2, -0.15) is 0 Å². The molecule has 4 aromatic carbocycles. The van der Waals surface area contributed by atoms with Crippen LogP contribution in [0.2, 0.25) is 0 Å². The molecule has 0 spiro atoms. The van der Waals surface area contributed by atoms with E-state index in [1.807, 2.05) is 11.6 Å². The Hall–Kier alpha value is -4.95. The number of halogens is 1. The van der Waals surface area contributed by atoms with Gasteiger partial charge < -0.3 is 14.7 Å². The first-order valence-electron chi connectivity index (χ1n) is 14.8. The van der Waals surface area contributed by atoms with Gasteiger partial charge in [0.05, 0.1) is 17.7 Å². The van der Waals surface area contributed by atoms with Crippen LogP contribution in [0.1, 0.15) is 33.9 Å². The number of carbonyl (C=O) groups excluding carboxylic acids is 1. The van der Waals surface area contributed by atoms with Crippen LogP contribution in [0.15, 0.2) is 88.7 Å². The lowest BCUT2D eigenvalue weighted by atomic mass is 10.0. The maximum absolute atomic E-state index is 14.5. The van der Waals surface area contributed by atoms with E-state index in [2.05, 4.69) is 0 Å². The number of anilines is 2. The molecule has 2 N–H and O–H groups in total. The van der Waals surface area contributed by atoms with Crippen LogP contribution in [-0.4, -0.2) is 54.0 Å². The van der Waals surface area contributed by atoms with Gasteiger partial charge in [-0.1, -0.05) is 48.0 Å². The molecule has 0 saturated carbocycles. The number of benzene rings is 4.